The highest BCUT2D eigenvalue weighted by Crippen LogP contribution is 2.26. The molecule has 1 atom stereocenters. The Balaban J connectivity index is 2.25. The number of sulfone groups is 1. The van der Waals surface area contributed by atoms with Gasteiger partial charge in [0.25, 0.3) is 0 Å². The average molecular weight is 321 g/mol. The molecular formula is C16H19NO2S2. The largest absolute Gasteiger partial charge is 0.377 e. The molecule has 0 spiro atoms. The van der Waals surface area contributed by atoms with Gasteiger partial charge in [-0.3, -0.25) is 0 Å². The van der Waals surface area contributed by atoms with Gasteiger partial charge in [0.2, 0.25) is 0 Å². The summed E-state index contributed by atoms with van der Waals surface area (Å²) in [6.07, 6.45) is 3.27. The first-order valence-corrected chi connectivity index (χ1v) is 9.73. The van der Waals surface area contributed by atoms with Crippen LogP contribution in [0.5, 0.6) is 0 Å². The summed E-state index contributed by atoms with van der Waals surface area (Å²) in [5, 5.41) is 3.28. The molecule has 0 aliphatic rings. The summed E-state index contributed by atoms with van der Waals surface area (Å²) < 4.78 is 23.6. The molecule has 0 aromatic heterocycles. The van der Waals surface area contributed by atoms with Crippen LogP contribution in [0.4, 0.5) is 5.69 Å². The van der Waals surface area contributed by atoms with E-state index in [4.69, 9.17) is 0 Å². The van der Waals surface area contributed by atoms with Gasteiger partial charge in [0, 0.05) is 17.2 Å². The van der Waals surface area contributed by atoms with Crippen molar-refractivity contribution >= 4 is 27.3 Å². The topological polar surface area (TPSA) is 46.2 Å². The zero-order chi connectivity index (χ0) is 15.5. The van der Waals surface area contributed by atoms with Crippen LogP contribution in [-0.2, 0) is 9.84 Å². The first kappa shape index (κ1) is 15.9. The first-order chi connectivity index (χ1) is 9.91. The minimum absolute atomic E-state index is 0.0313. The van der Waals surface area contributed by atoms with Gasteiger partial charge in [0.05, 0.1) is 10.6 Å². The second kappa shape index (κ2) is 6.54. The van der Waals surface area contributed by atoms with Crippen LogP contribution in [0.25, 0.3) is 0 Å². The molecule has 0 saturated carbocycles. The Labute approximate surface area is 130 Å². The highest BCUT2D eigenvalue weighted by molar-refractivity contribution is 7.98. The van der Waals surface area contributed by atoms with Gasteiger partial charge in [0.15, 0.2) is 9.84 Å². The van der Waals surface area contributed by atoms with Crippen molar-refractivity contribution in [3.05, 3.63) is 54.1 Å². The fraction of sp³-hybridized carbons (Fsp3) is 0.250. The predicted molar refractivity (Wildman–Crippen MR) is 89.8 cm³/mol. The predicted octanol–water partition coefficient (Wildman–Crippen LogP) is 3.99. The van der Waals surface area contributed by atoms with Crippen LogP contribution in [0.15, 0.2) is 58.3 Å². The molecule has 21 heavy (non-hydrogen) atoms. The van der Waals surface area contributed by atoms with Gasteiger partial charge in [-0.1, -0.05) is 24.3 Å². The van der Waals surface area contributed by atoms with E-state index in [9.17, 15) is 8.42 Å². The van der Waals surface area contributed by atoms with E-state index in [1.165, 1.54) is 11.2 Å². The van der Waals surface area contributed by atoms with E-state index < -0.39 is 9.84 Å². The highest BCUT2D eigenvalue weighted by atomic mass is 32.2. The average Bonchev–Trinajstić information content (AvgIpc) is 2.47. The molecular weight excluding hydrogens is 302 g/mol. The molecule has 0 amide bonds. The molecule has 2 aromatic carbocycles. The van der Waals surface area contributed by atoms with Gasteiger partial charge in [-0.05, 0) is 43.0 Å². The molecule has 112 valence electrons. The molecule has 0 aliphatic carbocycles. The Hall–Kier alpha value is -1.46. The third-order valence-electron chi connectivity index (χ3n) is 3.27. The molecule has 2 rings (SSSR count). The van der Waals surface area contributed by atoms with Crippen LogP contribution >= 0.6 is 11.8 Å². The summed E-state index contributed by atoms with van der Waals surface area (Å²) in [6.45, 7) is 2.02. The van der Waals surface area contributed by atoms with E-state index in [-0.39, 0.29) is 6.04 Å². The monoisotopic (exact) mass is 321 g/mol. The maximum absolute atomic E-state index is 11.8. The van der Waals surface area contributed by atoms with E-state index in [0.29, 0.717) is 10.6 Å². The number of thioether (sulfide) groups is 1. The van der Waals surface area contributed by atoms with E-state index in [1.807, 2.05) is 19.2 Å². The zero-order valence-electron chi connectivity index (χ0n) is 12.3. The van der Waals surface area contributed by atoms with Crippen molar-refractivity contribution in [3.8, 4) is 0 Å². The molecule has 5 heteroatoms. The van der Waals surface area contributed by atoms with Gasteiger partial charge < -0.3 is 5.32 Å². The summed E-state index contributed by atoms with van der Waals surface area (Å²) in [5.41, 5.74) is 1.76. The number of rotatable bonds is 5. The lowest BCUT2D eigenvalue weighted by Crippen LogP contribution is -2.10. The van der Waals surface area contributed by atoms with Gasteiger partial charge in [-0.15, -0.1) is 11.8 Å². The molecule has 1 unspecified atom stereocenters. The SMILES string of the molecule is CSc1ccc(C(C)Nc2ccccc2S(C)(=O)=O)cc1. The summed E-state index contributed by atoms with van der Waals surface area (Å²) in [6, 6.07) is 15.3. The molecule has 0 radical (unpaired) electrons. The van der Waals surface area contributed by atoms with E-state index in [1.54, 1.807) is 30.0 Å². The van der Waals surface area contributed by atoms with Crippen LogP contribution in [0.1, 0.15) is 18.5 Å². The number of benzene rings is 2. The van der Waals surface area contributed by atoms with Crippen molar-refractivity contribution in [1.82, 2.24) is 0 Å². The Morgan fingerprint density at radius 2 is 1.67 bits per heavy atom. The van der Waals surface area contributed by atoms with Gasteiger partial charge in [-0.2, -0.15) is 0 Å². The van der Waals surface area contributed by atoms with Crippen LogP contribution < -0.4 is 5.32 Å². The van der Waals surface area contributed by atoms with Crippen molar-refractivity contribution in [2.75, 3.05) is 17.8 Å². The Kier molecular flexibility index (Phi) is 4.96. The van der Waals surface area contributed by atoms with E-state index >= 15 is 0 Å². The summed E-state index contributed by atoms with van der Waals surface area (Å²) in [4.78, 5) is 1.54. The smallest absolute Gasteiger partial charge is 0.177 e. The maximum atomic E-state index is 11.8. The minimum Gasteiger partial charge on any atom is -0.377 e. The quantitative estimate of drug-likeness (QED) is 0.846. The first-order valence-electron chi connectivity index (χ1n) is 6.61. The lowest BCUT2D eigenvalue weighted by atomic mass is 10.1. The Morgan fingerprint density at radius 3 is 2.24 bits per heavy atom. The van der Waals surface area contributed by atoms with Crippen LogP contribution in [-0.4, -0.2) is 20.9 Å². The van der Waals surface area contributed by atoms with Crippen molar-refractivity contribution in [2.24, 2.45) is 0 Å². The van der Waals surface area contributed by atoms with Crippen LogP contribution in [0.3, 0.4) is 0 Å². The molecule has 0 fully saturated rings. The number of anilines is 1. The second-order valence-corrected chi connectivity index (χ2v) is 7.77. The molecule has 0 heterocycles. The number of para-hydroxylation sites is 1. The van der Waals surface area contributed by atoms with Crippen molar-refractivity contribution in [1.29, 1.82) is 0 Å². The lowest BCUT2D eigenvalue weighted by molar-refractivity contribution is 0.602. The molecule has 0 aliphatic heterocycles. The molecule has 2 aromatic rings. The van der Waals surface area contributed by atoms with E-state index in [0.717, 1.165) is 5.56 Å². The summed E-state index contributed by atoms with van der Waals surface area (Å²) >= 11 is 1.70. The summed E-state index contributed by atoms with van der Waals surface area (Å²) in [7, 11) is -3.24. The standard InChI is InChI=1S/C16H19NO2S2/c1-12(13-8-10-14(20-2)11-9-13)17-15-6-4-5-7-16(15)21(3,18)19/h4-12,17H,1-3H3. The Morgan fingerprint density at radius 1 is 1.05 bits per heavy atom. The normalized spacial score (nSPS) is 12.9. The third kappa shape index (κ3) is 4.02. The van der Waals surface area contributed by atoms with Crippen molar-refractivity contribution in [3.63, 3.8) is 0 Å². The van der Waals surface area contributed by atoms with Crippen molar-refractivity contribution in [2.45, 2.75) is 22.8 Å². The third-order valence-corrected chi connectivity index (χ3v) is 5.17. The second-order valence-electron chi connectivity index (χ2n) is 4.91. The van der Waals surface area contributed by atoms with Crippen LogP contribution in [0, 0.1) is 0 Å². The minimum atomic E-state index is -3.24. The molecule has 0 bridgehead atoms. The van der Waals surface area contributed by atoms with Crippen LogP contribution in [0.2, 0.25) is 0 Å². The number of hydrogen-bond acceptors (Lipinski definition) is 4. The lowest BCUT2D eigenvalue weighted by Gasteiger charge is -2.18. The Bertz CT molecular complexity index is 709. The number of hydrogen-bond donors (Lipinski definition) is 1. The van der Waals surface area contributed by atoms with E-state index in [2.05, 4.69) is 29.6 Å². The molecule has 3 nitrogen and oxygen atoms in total. The summed E-state index contributed by atoms with van der Waals surface area (Å²) in [5.74, 6) is 0. The van der Waals surface area contributed by atoms with Crippen molar-refractivity contribution < 1.29 is 8.42 Å². The molecule has 1 N–H and O–H groups in total. The fourth-order valence-electron chi connectivity index (χ4n) is 2.12. The maximum Gasteiger partial charge on any atom is 0.177 e. The fourth-order valence-corrected chi connectivity index (χ4v) is 3.38. The molecule has 0 saturated heterocycles. The zero-order valence-corrected chi connectivity index (χ0v) is 14.0. The number of nitrogens with one attached hydrogen (secondary N) is 1. The van der Waals surface area contributed by atoms with Gasteiger partial charge in [0.1, 0.15) is 0 Å². The van der Waals surface area contributed by atoms with Gasteiger partial charge >= 0.3 is 0 Å². The van der Waals surface area contributed by atoms with Gasteiger partial charge in [-0.25, -0.2) is 8.42 Å². The highest BCUT2D eigenvalue weighted by Gasteiger charge is 2.14.